The number of rotatable bonds is 6. The van der Waals surface area contributed by atoms with E-state index in [2.05, 4.69) is 5.32 Å². The first-order valence-electron chi connectivity index (χ1n) is 5.53. The molecule has 0 saturated carbocycles. The summed E-state index contributed by atoms with van der Waals surface area (Å²) in [4.78, 5) is 0. The molecule has 0 aliphatic carbocycles. The topological polar surface area (TPSA) is 21.3 Å². The first-order chi connectivity index (χ1) is 7.10. The molecule has 1 atom stereocenters. The van der Waals surface area contributed by atoms with Gasteiger partial charge in [-0.3, -0.25) is 0 Å². The molecule has 0 spiro atoms. The molecule has 1 unspecified atom stereocenters. The molecule has 0 amide bonds. The van der Waals surface area contributed by atoms with Crippen LogP contribution in [0.2, 0.25) is 0 Å². The summed E-state index contributed by atoms with van der Waals surface area (Å²) in [5.41, 5.74) is 0.00356. The molecule has 5 heteroatoms. The third kappa shape index (κ3) is 11.8. The second-order valence-corrected chi connectivity index (χ2v) is 5.03. The Kier molecular flexibility index (Phi) is 6.33. The van der Waals surface area contributed by atoms with E-state index in [1.807, 2.05) is 27.7 Å². The standard InChI is InChI=1S/C11H22F3NO/c1-9(8-15-10(2,3)4)16-7-5-6-11(12,13)14/h9,15H,5-8H2,1-4H3. The Balaban J connectivity index is 3.48. The van der Waals surface area contributed by atoms with Gasteiger partial charge in [0, 0.05) is 25.1 Å². The van der Waals surface area contributed by atoms with Crippen LogP contribution >= 0.6 is 0 Å². The lowest BCUT2D eigenvalue weighted by Crippen LogP contribution is -2.40. The molecule has 16 heavy (non-hydrogen) atoms. The molecule has 0 radical (unpaired) electrons. The van der Waals surface area contributed by atoms with Gasteiger partial charge >= 0.3 is 6.18 Å². The Morgan fingerprint density at radius 1 is 1.19 bits per heavy atom. The lowest BCUT2D eigenvalue weighted by Gasteiger charge is -2.23. The van der Waals surface area contributed by atoms with Crippen molar-refractivity contribution in [2.75, 3.05) is 13.2 Å². The van der Waals surface area contributed by atoms with Crippen molar-refractivity contribution < 1.29 is 17.9 Å². The van der Waals surface area contributed by atoms with E-state index in [4.69, 9.17) is 4.74 Å². The van der Waals surface area contributed by atoms with Crippen LogP contribution < -0.4 is 5.32 Å². The van der Waals surface area contributed by atoms with Crippen molar-refractivity contribution >= 4 is 0 Å². The van der Waals surface area contributed by atoms with Crippen LogP contribution in [0.15, 0.2) is 0 Å². The van der Waals surface area contributed by atoms with Crippen molar-refractivity contribution in [1.29, 1.82) is 0 Å². The van der Waals surface area contributed by atoms with Crippen molar-refractivity contribution in [3.63, 3.8) is 0 Å². The van der Waals surface area contributed by atoms with E-state index in [1.165, 1.54) is 0 Å². The highest BCUT2D eigenvalue weighted by Crippen LogP contribution is 2.21. The maximum absolute atomic E-state index is 11.8. The van der Waals surface area contributed by atoms with Crippen LogP contribution in [0.3, 0.4) is 0 Å². The average Bonchev–Trinajstić information content (AvgIpc) is 2.06. The summed E-state index contributed by atoms with van der Waals surface area (Å²) in [6.45, 7) is 8.75. The van der Waals surface area contributed by atoms with Crippen LogP contribution in [-0.2, 0) is 4.74 Å². The highest BCUT2D eigenvalue weighted by atomic mass is 19.4. The number of alkyl halides is 3. The maximum Gasteiger partial charge on any atom is 0.389 e. The van der Waals surface area contributed by atoms with E-state index >= 15 is 0 Å². The molecule has 0 aliphatic rings. The zero-order chi connectivity index (χ0) is 12.8. The van der Waals surface area contributed by atoms with Crippen LogP contribution in [0.1, 0.15) is 40.5 Å². The minimum absolute atomic E-state index is 0.00356. The zero-order valence-electron chi connectivity index (χ0n) is 10.4. The molecule has 0 rings (SSSR count). The first kappa shape index (κ1) is 15.7. The third-order valence-corrected chi connectivity index (χ3v) is 1.93. The van der Waals surface area contributed by atoms with Crippen molar-refractivity contribution in [3.05, 3.63) is 0 Å². The van der Waals surface area contributed by atoms with Crippen molar-refractivity contribution in [2.24, 2.45) is 0 Å². The van der Waals surface area contributed by atoms with Crippen LogP contribution in [0.4, 0.5) is 13.2 Å². The third-order valence-electron chi connectivity index (χ3n) is 1.93. The van der Waals surface area contributed by atoms with Gasteiger partial charge in [-0.2, -0.15) is 13.2 Å². The number of nitrogens with one attached hydrogen (secondary N) is 1. The van der Waals surface area contributed by atoms with Gasteiger partial charge in [-0.1, -0.05) is 0 Å². The maximum atomic E-state index is 11.8. The lowest BCUT2D eigenvalue weighted by atomic mass is 10.1. The quantitative estimate of drug-likeness (QED) is 0.721. The second-order valence-electron chi connectivity index (χ2n) is 5.03. The second kappa shape index (κ2) is 6.45. The fourth-order valence-corrected chi connectivity index (χ4v) is 1.07. The van der Waals surface area contributed by atoms with Gasteiger partial charge in [0.15, 0.2) is 0 Å². The normalized spacial score (nSPS) is 15.2. The van der Waals surface area contributed by atoms with Crippen LogP contribution in [-0.4, -0.2) is 31.0 Å². The molecule has 0 fully saturated rings. The fraction of sp³-hybridized carbons (Fsp3) is 1.00. The number of hydrogen-bond donors (Lipinski definition) is 1. The average molecular weight is 241 g/mol. The molecule has 2 nitrogen and oxygen atoms in total. The number of halogens is 3. The predicted octanol–water partition coefficient (Wildman–Crippen LogP) is 3.12. The Morgan fingerprint density at radius 2 is 1.75 bits per heavy atom. The number of ether oxygens (including phenoxy) is 1. The van der Waals surface area contributed by atoms with E-state index in [0.717, 1.165) is 0 Å². The summed E-state index contributed by atoms with van der Waals surface area (Å²) >= 11 is 0. The molecular weight excluding hydrogens is 219 g/mol. The van der Waals surface area contributed by atoms with Crippen molar-refractivity contribution in [1.82, 2.24) is 5.32 Å². The summed E-state index contributed by atoms with van der Waals surface area (Å²) < 4.78 is 40.7. The summed E-state index contributed by atoms with van der Waals surface area (Å²) in [6, 6.07) is 0. The van der Waals surface area contributed by atoms with E-state index < -0.39 is 12.6 Å². The van der Waals surface area contributed by atoms with E-state index in [9.17, 15) is 13.2 Å². The summed E-state index contributed by atoms with van der Waals surface area (Å²) in [7, 11) is 0. The molecule has 0 heterocycles. The molecule has 0 aliphatic heterocycles. The highest BCUT2D eigenvalue weighted by Gasteiger charge is 2.26. The predicted molar refractivity (Wildman–Crippen MR) is 58.5 cm³/mol. The van der Waals surface area contributed by atoms with Gasteiger partial charge < -0.3 is 10.1 Å². The van der Waals surface area contributed by atoms with Crippen LogP contribution in [0.5, 0.6) is 0 Å². The Morgan fingerprint density at radius 3 is 2.19 bits per heavy atom. The summed E-state index contributed by atoms with van der Waals surface area (Å²) in [5, 5.41) is 3.23. The molecule has 0 aromatic heterocycles. The van der Waals surface area contributed by atoms with Crippen LogP contribution in [0, 0.1) is 0 Å². The molecule has 0 bridgehead atoms. The zero-order valence-corrected chi connectivity index (χ0v) is 10.4. The van der Waals surface area contributed by atoms with Gasteiger partial charge in [0.2, 0.25) is 0 Å². The van der Waals surface area contributed by atoms with E-state index in [-0.39, 0.29) is 24.7 Å². The fourth-order valence-electron chi connectivity index (χ4n) is 1.07. The van der Waals surface area contributed by atoms with Gasteiger partial charge in [-0.15, -0.1) is 0 Å². The van der Waals surface area contributed by atoms with Gasteiger partial charge in [0.05, 0.1) is 6.10 Å². The molecule has 98 valence electrons. The Labute approximate surface area is 95.5 Å². The number of hydrogen-bond acceptors (Lipinski definition) is 2. The Hall–Kier alpha value is -0.290. The molecule has 0 aromatic rings. The first-order valence-corrected chi connectivity index (χ1v) is 5.53. The molecular formula is C11H22F3NO. The molecule has 1 N–H and O–H groups in total. The lowest BCUT2D eigenvalue weighted by molar-refractivity contribution is -0.138. The van der Waals surface area contributed by atoms with E-state index in [1.54, 1.807) is 0 Å². The van der Waals surface area contributed by atoms with Crippen LogP contribution in [0.25, 0.3) is 0 Å². The Bertz CT molecular complexity index is 187. The largest absolute Gasteiger partial charge is 0.389 e. The van der Waals surface area contributed by atoms with E-state index in [0.29, 0.717) is 6.54 Å². The molecule has 0 aromatic carbocycles. The molecule has 0 saturated heterocycles. The smallest absolute Gasteiger partial charge is 0.377 e. The van der Waals surface area contributed by atoms with Crippen molar-refractivity contribution in [2.45, 2.75) is 58.4 Å². The minimum Gasteiger partial charge on any atom is -0.377 e. The minimum atomic E-state index is -4.07. The van der Waals surface area contributed by atoms with Gasteiger partial charge in [0.1, 0.15) is 0 Å². The highest BCUT2D eigenvalue weighted by molar-refractivity contribution is 4.71. The van der Waals surface area contributed by atoms with Crippen molar-refractivity contribution in [3.8, 4) is 0 Å². The summed E-state index contributed by atoms with van der Waals surface area (Å²) in [6.07, 6.45) is -4.88. The van der Waals surface area contributed by atoms with Gasteiger partial charge in [-0.05, 0) is 34.1 Å². The van der Waals surface area contributed by atoms with Gasteiger partial charge in [-0.25, -0.2) is 0 Å². The monoisotopic (exact) mass is 241 g/mol. The summed E-state index contributed by atoms with van der Waals surface area (Å²) in [5.74, 6) is 0. The van der Waals surface area contributed by atoms with Gasteiger partial charge in [0.25, 0.3) is 0 Å². The SMILES string of the molecule is CC(CNC(C)(C)C)OCCCC(F)(F)F.